The number of anilines is 1. The van der Waals surface area contributed by atoms with Gasteiger partial charge in [0.25, 0.3) is 5.91 Å². The zero-order chi connectivity index (χ0) is 16.6. The third-order valence-corrected chi connectivity index (χ3v) is 5.86. The summed E-state index contributed by atoms with van der Waals surface area (Å²) >= 11 is 1.70. The van der Waals surface area contributed by atoms with E-state index >= 15 is 0 Å². The van der Waals surface area contributed by atoms with E-state index in [2.05, 4.69) is 29.6 Å². The summed E-state index contributed by atoms with van der Waals surface area (Å²) in [4.78, 5) is 14.6. The highest BCUT2D eigenvalue weighted by Gasteiger charge is 2.42. The first kappa shape index (κ1) is 15.6. The van der Waals surface area contributed by atoms with Crippen molar-refractivity contribution < 1.29 is 9.21 Å². The molecule has 1 aromatic heterocycles. The number of nitrogens with one attached hydrogen (secondary N) is 1. The molecule has 1 spiro atoms. The van der Waals surface area contributed by atoms with E-state index < -0.39 is 0 Å². The fraction of sp³-hybridized carbons (Fsp3) is 0.421. The molecule has 0 radical (unpaired) electrons. The van der Waals surface area contributed by atoms with Crippen molar-refractivity contribution in [1.82, 2.24) is 4.90 Å². The molecule has 0 aliphatic carbocycles. The Morgan fingerprint density at radius 1 is 1.25 bits per heavy atom. The molecule has 126 valence electrons. The molecule has 1 amide bonds. The lowest BCUT2D eigenvalue weighted by atomic mass is 9.74. The van der Waals surface area contributed by atoms with Crippen molar-refractivity contribution in [3.63, 3.8) is 0 Å². The maximum atomic E-state index is 12.7. The van der Waals surface area contributed by atoms with Gasteiger partial charge in [-0.1, -0.05) is 18.2 Å². The van der Waals surface area contributed by atoms with Crippen molar-refractivity contribution in [3.05, 3.63) is 53.5 Å². The SMILES string of the molecule is CSCc1ccc(C(=O)N2CCC3(CC2)CNc2ccccc23)o1. The summed E-state index contributed by atoms with van der Waals surface area (Å²) in [6, 6.07) is 12.3. The van der Waals surface area contributed by atoms with E-state index in [0.29, 0.717) is 5.76 Å². The van der Waals surface area contributed by atoms with Gasteiger partial charge in [-0.2, -0.15) is 11.8 Å². The van der Waals surface area contributed by atoms with Crippen LogP contribution in [-0.4, -0.2) is 36.7 Å². The number of rotatable bonds is 3. The van der Waals surface area contributed by atoms with Gasteiger partial charge in [-0.3, -0.25) is 4.79 Å². The molecule has 2 aliphatic rings. The van der Waals surface area contributed by atoms with E-state index in [4.69, 9.17) is 4.42 Å². The molecule has 1 fully saturated rings. The molecular formula is C19H22N2O2S. The molecule has 3 heterocycles. The normalized spacial score (nSPS) is 18.5. The van der Waals surface area contributed by atoms with E-state index in [1.165, 1.54) is 11.3 Å². The van der Waals surface area contributed by atoms with Crippen molar-refractivity contribution in [1.29, 1.82) is 0 Å². The predicted molar refractivity (Wildman–Crippen MR) is 97.7 cm³/mol. The lowest BCUT2D eigenvalue weighted by Gasteiger charge is -2.39. The molecule has 0 atom stereocenters. The van der Waals surface area contributed by atoms with Crippen molar-refractivity contribution in [2.24, 2.45) is 0 Å². The molecule has 1 aromatic carbocycles. The van der Waals surface area contributed by atoms with Gasteiger partial charge in [0.1, 0.15) is 5.76 Å². The van der Waals surface area contributed by atoms with Crippen LogP contribution in [0.15, 0.2) is 40.8 Å². The van der Waals surface area contributed by atoms with Gasteiger partial charge in [0, 0.05) is 30.7 Å². The van der Waals surface area contributed by atoms with Gasteiger partial charge < -0.3 is 14.6 Å². The molecule has 4 nitrogen and oxygen atoms in total. The quantitative estimate of drug-likeness (QED) is 0.923. The number of amides is 1. The van der Waals surface area contributed by atoms with E-state index in [-0.39, 0.29) is 11.3 Å². The number of hydrogen-bond acceptors (Lipinski definition) is 4. The molecule has 4 rings (SSSR count). The van der Waals surface area contributed by atoms with Crippen LogP contribution >= 0.6 is 11.8 Å². The summed E-state index contributed by atoms with van der Waals surface area (Å²) in [7, 11) is 0. The Kier molecular flexibility index (Phi) is 4.04. The van der Waals surface area contributed by atoms with Crippen molar-refractivity contribution >= 4 is 23.4 Å². The molecule has 2 aromatic rings. The van der Waals surface area contributed by atoms with E-state index in [9.17, 15) is 4.79 Å². The third-order valence-electron chi connectivity index (χ3n) is 5.28. The topological polar surface area (TPSA) is 45.5 Å². The fourth-order valence-corrected chi connectivity index (χ4v) is 4.35. The van der Waals surface area contributed by atoms with E-state index in [0.717, 1.165) is 44.0 Å². The molecular weight excluding hydrogens is 320 g/mol. The first-order valence-electron chi connectivity index (χ1n) is 8.42. The Labute approximate surface area is 146 Å². The van der Waals surface area contributed by atoms with Gasteiger partial charge in [-0.05, 0) is 42.9 Å². The maximum absolute atomic E-state index is 12.7. The molecule has 2 aliphatic heterocycles. The Bertz CT molecular complexity index is 747. The molecule has 5 heteroatoms. The molecule has 1 saturated heterocycles. The number of para-hydroxylation sites is 1. The number of piperidine rings is 1. The Hall–Kier alpha value is -1.88. The first-order valence-corrected chi connectivity index (χ1v) is 9.82. The smallest absolute Gasteiger partial charge is 0.289 e. The number of hydrogen-bond donors (Lipinski definition) is 1. The van der Waals surface area contributed by atoms with Crippen molar-refractivity contribution in [2.45, 2.75) is 24.0 Å². The number of carbonyl (C=O) groups is 1. The highest BCUT2D eigenvalue weighted by Crippen LogP contribution is 2.43. The molecule has 24 heavy (non-hydrogen) atoms. The molecule has 1 N–H and O–H groups in total. The second-order valence-electron chi connectivity index (χ2n) is 6.67. The Balaban J connectivity index is 1.45. The number of furan rings is 1. The number of thioether (sulfide) groups is 1. The summed E-state index contributed by atoms with van der Waals surface area (Å²) in [6.45, 7) is 2.55. The highest BCUT2D eigenvalue weighted by atomic mass is 32.2. The second kappa shape index (κ2) is 6.20. The highest BCUT2D eigenvalue weighted by molar-refractivity contribution is 7.97. The zero-order valence-corrected chi connectivity index (χ0v) is 14.7. The van der Waals surface area contributed by atoms with Gasteiger partial charge in [0.05, 0.1) is 5.75 Å². The lowest BCUT2D eigenvalue weighted by Crippen LogP contribution is -2.46. The lowest BCUT2D eigenvalue weighted by molar-refractivity contribution is 0.0643. The maximum Gasteiger partial charge on any atom is 0.289 e. The Morgan fingerprint density at radius 2 is 2.04 bits per heavy atom. The monoisotopic (exact) mass is 342 g/mol. The minimum Gasteiger partial charge on any atom is -0.455 e. The number of fused-ring (bicyclic) bond motifs is 2. The summed E-state index contributed by atoms with van der Waals surface area (Å²) in [5.74, 6) is 2.17. The third kappa shape index (κ3) is 2.61. The predicted octanol–water partition coefficient (Wildman–Crippen LogP) is 3.74. The first-order chi connectivity index (χ1) is 11.7. The average molecular weight is 342 g/mol. The van der Waals surface area contributed by atoms with Crippen LogP contribution in [0.2, 0.25) is 0 Å². The van der Waals surface area contributed by atoms with Crippen LogP contribution in [-0.2, 0) is 11.2 Å². The summed E-state index contributed by atoms with van der Waals surface area (Å²) < 4.78 is 5.69. The molecule has 0 unspecified atom stereocenters. The minimum absolute atomic E-state index is 0.0245. The van der Waals surface area contributed by atoms with Crippen LogP contribution in [0.3, 0.4) is 0 Å². The second-order valence-corrected chi connectivity index (χ2v) is 7.54. The fourth-order valence-electron chi connectivity index (χ4n) is 3.91. The number of nitrogens with zero attached hydrogens (tertiary/aromatic N) is 1. The number of carbonyl (C=O) groups excluding carboxylic acids is 1. The average Bonchev–Trinajstić information content (AvgIpc) is 3.22. The standard InChI is InChI=1S/C19H22N2O2S/c1-24-12-14-6-7-17(23-14)18(22)21-10-8-19(9-11-21)13-20-16-5-3-2-4-15(16)19/h2-7,20H,8-13H2,1H3. The van der Waals surface area contributed by atoms with Gasteiger partial charge in [0.2, 0.25) is 0 Å². The van der Waals surface area contributed by atoms with E-state index in [1.54, 1.807) is 11.8 Å². The van der Waals surface area contributed by atoms with Crippen LogP contribution in [0.25, 0.3) is 0 Å². The minimum atomic E-state index is 0.0245. The summed E-state index contributed by atoms with van der Waals surface area (Å²) in [6.07, 6.45) is 4.03. The summed E-state index contributed by atoms with van der Waals surface area (Å²) in [5.41, 5.74) is 2.85. The van der Waals surface area contributed by atoms with Crippen molar-refractivity contribution in [2.75, 3.05) is 31.2 Å². The van der Waals surface area contributed by atoms with Gasteiger partial charge in [-0.25, -0.2) is 0 Å². The van der Waals surface area contributed by atoms with Crippen LogP contribution in [0.4, 0.5) is 5.69 Å². The number of benzene rings is 1. The van der Waals surface area contributed by atoms with Gasteiger partial charge >= 0.3 is 0 Å². The van der Waals surface area contributed by atoms with Crippen LogP contribution in [0.5, 0.6) is 0 Å². The van der Waals surface area contributed by atoms with E-state index in [1.807, 2.05) is 23.3 Å². The van der Waals surface area contributed by atoms with Crippen LogP contribution in [0.1, 0.15) is 34.7 Å². The summed E-state index contributed by atoms with van der Waals surface area (Å²) in [5, 5.41) is 3.53. The van der Waals surface area contributed by atoms with Crippen molar-refractivity contribution in [3.8, 4) is 0 Å². The van der Waals surface area contributed by atoms with Gasteiger partial charge in [0.15, 0.2) is 5.76 Å². The largest absolute Gasteiger partial charge is 0.455 e. The molecule has 0 saturated carbocycles. The zero-order valence-electron chi connectivity index (χ0n) is 13.9. The molecule has 0 bridgehead atoms. The van der Waals surface area contributed by atoms with Crippen LogP contribution < -0.4 is 5.32 Å². The van der Waals surface area contributed by atoms with Crippen LogP contribution in [0, 0.1) is 0 Å². The number of likely N-dealkylation sites (tertiary alicyclic amines) is 1. The Morgan fingerprint density at radius 3 is 2.83 bits per heavy atom. The van der Waals surface area contributed by atoms with Gasteiger partial charge in [-0.15, -0.1) is 0 Å².